The van der Waals surface area contributed by atoms with Crippen molar-refractivity contribution in [2.24, 2.45) is 5.92 Å². The lowest BCUT2D eigenvalue weighted by molar-refractivity contribution is 0.187. The van der Waals surface area contributed by atoms with Crippen LogP contribution in [0.2, 0.25) is 0 Å². The van der Waals surface area contributed by atoms with Gasteiger partial charge in [-0.15, -0.1) is 11.8 Å². The highest BCUT2D eigenvalue weighted by Crippen LogP contribution is 2.18. The first-order valence-corrected chi connectivity index (χ1v) is 6.56. The third kappa shape index (κ3) is 3.14. The molecule has 1 aliphatic heterocycles. The summed E-state index contributed by atoms with van der Waals surface area (Å²) in [7, 11) is 0. The number of benzene rings is 1. The van der Waals surface area contributed by atoms with E-state index in [2.05, 4.69) is 35.8 Å². The van der Waals surface area contributed by atoms with Crippen LogP contribution < -0.4 is 5.32 Å². The van der Waals surface area contributed by atoms with Crippen LogP contribution in [0.4, 0.5) is 5.69 Å². The van der Waals surface area contributed by atoms with Crippen LogP contribution in [0.25, 0.3) is 0 Å². The second-order valence-electron chi connectivity index (χ2n) is 3.84. The van der Waals surface area contributed by atoms with Gasteiger partial charge in [0, 0.05) is 29.7 Å². The van der Waals surface area contributed by atoms with Crippen LogP contribution in [0, 0.1) is 5.92 Å². The molecule has 0 radical (unpaired) electrons. The molecule has 0 bridgehead atoms. The van der Waals surface area contributed by atoms with Crippen molar-refractivity contribution in [2.75, 3.05) is 31.3 Å². The van der Waals surface area contributed by atoms with E-state index in [1.165, 1.54) is 17.0 Å². The summed E-state index contributed by atoms with van der Waals surface area (Å²) in [5.74, 6) is 0.685. The quantitative estimate of drug-likeness (QED) is 0.793. The van der Waals surface area contributed by atoms with Crippen molar-refractivity contribution in [2.45, 2.75) is 11.3 Å². The van der Waals surface area contributed by atoms with Gasteiger partial charge in [-0.3, -0.25) is 0 Å². The normalized spacial score (nSPS) is 20.5. The predicted octanol–water partition coefficient (Wildman–Crippen LogP) is 2.86. The summed E-state index contributed by atoms with van der Waals surface area (Å²) < 4.78 is 5.34. The lowest BCUT2D eigenvalue weighted by Crippen LogP contribution is -2.13. The summed E-state index contributed by atoms with van der Waals surface area (Å²) >= 11 is 1.77. The van der Waals surface area contributed by atoms with Crippen LogP contribution in [0.1, 0.15) is 6.42 Å². The van der Waals surface area contributed by atoms with Gasteiger partial charge in [0.25, 0.3) is 0 Å². The fourth-order valence-corrected chi connectivity index (χ4v) is 2.12. The summed E-state index contributed by atoms with van der Waals surface area (Å²) in [4.78, 5) is 1.31. The highest BCUT2D eigenvalue weighted by molar-refractivity contribution is 7.98. The van der Waals surface area contributed by atoms with E-state index in [1.54, 1.807) is 11.8 Å². The van der Waals surface area contributed by atoms with Crippen LogP contribution in [0.3, 0.4) is 0 Å². The molecule has 1 saturated heterocycles. The van der Waals surface area contributed by atoms with Gasteiger partial charge in [-0.2, -0.15) is 0 Å². The van der Waals surface area contributed by atoms with E-state index in [1.807, 2.05) is 0 Å². The highest BCUT2D eigenvalue weighted by Gasteiger charge is 2.14. The third-order valence-corrected chi connectivity index (χ3v) is 3.45. The molecule has 1 aliphatic rings. The van der Waals surface area contributed by atoms with E-state index in [4.69, 9.17) is 4.74 Å². The Morgan fingerprint density at radius 2 is 2.20 bits per heavy atom. The second-order valence-corrected chi connectivity index (χ2v) is 4.72. The molecule has 1 fully saturated rings. The average molecular weight is 223 g/mol. The Labute approximate surface area is 95.4 Å². The number of nitrogens with one attached hydrogen (secondary N) is 1. The van der Waals surface area contributed by atoms with Gasteiger partial charge in [-0.25, -0.2) is 0 Å². The number of ether oxygens (including phenoxy) is 1. The van der Waals surface area contributed by atoms with Crippen molar-refractivity contribution >= 4 is 17.4 Å². The zero-order valence-corrected chi connectivity index (χ0v) is 9.85. The Morgan fingerprint density at radius 1 is 1.40 bits per heavy atom. The number of thioether (sulfide) groups is 1. The Morgan fingerprint density at radius 3 is 2.80 bits per heavy atom. The molecule has 2 nitrogen and oxygen atoms in total. The van der Waals surface area contributed by atoms with Gasteiger partial charge in [0.15, 0.2) is 0 Å². The number of hydrogen-bond acceptors (Lipinski definition) is 3. The second kappa shape index (κ2) is 5.42. The Kier molecular flexibility index (Phi) is 3.92. The molecule has 0 aromatic heterocycles. The molecule has 0 amide bonds. The zero-order chi connectivity index (χ0) is 10.5. The molecule has 1 aromatic carbocycles. The summed E-state index contributed by atoms with van der Waals surface area (Å²) in [5.41, 5.74) is 1.21. The molecular formula is C12H17NOS. The van der Waals surface area contributed by atoms with Crippen molar-refractivity contribution < 1.29 is 4.74 Å². The van der Waals surface area contributed by atoms with E-state index >= 15 is 0 Å². The molecule has 1 aromatic rings. The van der Waals surface area contributed by atoms with Crippen molar-refractivity contribution in [3.63, 3.8) is 0 Å². The van der Waals surface area contributed by atoms with E-state index in [0.717, 1.165) is 19.8 Å². The number of rotatable bonds is 4. The van der Waals surface area contributed by atoms with Gasteiger partial charge in [-0.1, -0.05) is 0 Å². The van der Waals surface area contributed by atoms with Crippen molar-refractivity contribution in [1.29, 1.82) is 0 Å². The Hall–Kier alpha value is -0.670. The van der Waals surface area contributed by atoms with E-state index in [9.17, 15) is 0 Å². The van der Waals surface area contributed by atoms with E-state index in [-0.39, 0.29) is 0 Å². The molecule has 1 unspecified atom stereocenters. The molecule has 0 saturated carbocycles. The molecule has 2 rings (SSSR count). The minimum atomic E-state index is 0.685. The Balaban J connectivity index is 1.82. The predicted molar refractivity (Wildman–Crippen MR) is 65.6 cm³/mol. The first kappa shape index (κ1) is 10.8. The van der Waals surface area contributed by atoms with Crippen LogP contribution in [0.15, 0.2) is 29.2 Å². The lowest BCUT2D eigenvalue weighted by Gasteiger charge is -2.10. The molecule has 15 heavy (non-hydrogen) atoms. The molecule has 82 valence electrons. The van der Waals surface area contributed by atoms with Gasteiger partial charge in [0.05, 0.1) is 6.61 Å². The first-order chi connectivity index (χ1) is 7.38. The van der Waals surface area contributed by atoms with Crippen LogP contribution in [-0.4, -0.2) is 26.0 Å². The van der Waals surface area contributed by atoms with Gasteiger partial charge in [-0.05, 0) is 36.9 Å². The third-order valence-electron chi connectivity index (χ3n) is 2.71. The summed E-state index contributed by atoms with van der Waals surface area (Å²) in [6, 6.07) is 8.58. The average Bonchev–Trinajstić information content (AvgIpc) is 2.80. The van der Waals surface area contributed by atoms with Crippen molar-refractivity contribution in [3.8, 4) is 0 Å². The Bertz CT molecular complexity index is 293. The number of hydrogen-bond donors (Lipinski definition) is 1. The minimum Gasteiger partial charge on any atom is -0.385 e. The van der Waals surface area contributed by atoms with E-state index in [0.29, 0.717) is 5.92 Å². The molecular weight excluding hydrogens is 206 g/mol. The monoisotopic (exact) mass is 223 g/mol. The fourth-order valence-electron chi connectivity index (χ4n) is 1.72. The zero-order valence-electron chi connectivity index (χ0n) is 9.03. The molecule has 1 N–H and O–H groups in total. The van der Waals surface area contributed by atoms with Crippen LogP contribution in [-0.2, 0) is 4.74 Å². The fraction of sp³-hybridized carbons (Fsp3) is 0.500. The van der Waals surface area contributed by atoms with Gasteiger partial charge in [0.2, 0.25) is 0 Å². The smallest absolute Gasteiger partial charge is 0.0511 e. The summed E-state index contributed by atoms with van der Waals surface area (Å²) in [6.07, 6.45) is 3.29. The molecule has 0 aliphatic carbocycles. The van der Waals surface area contributed by atoms with Crippen molar-refractivity contribution in [3.05, 3.63) is 24.3 Å². The van der Waals surface area contributed by atoms with Gasteiger partial charge < -0.3 is 10.1 Å². The molecule has 3 heteroatoms. The molecule has 1 heterocycles. The number of anilines is 1. The molecule has 1 atom stereocenters. The molecule has 0 spiro atoms. The topological polar surface area (TPSA) is 21.3 Å². The van der Waals surface area contributed by atoms with Gasteiger partial charge >= 0.3 is 0 Å². The first-order valence-electron chi connectivity index (χ1n) is 5.34. The van der Waals surface area contributed by atoms with Gasteiger partial charge in [0.1, 0.15) is 0 Å². The van der Waals surface area contributed by atoms with Crippen LogP contribution in [0.5, 0.6) is 0 Å². The summed E-state index contributed by atoms with van der Waals surface area (Å²) in [5, 5.41) is 3.45. The van der Waals surface area contributed by atoms with Crippen molar-refractivity contribution in [1.82, 2.24) is 0 Å². The maximum Gasteiger partial charge on any atom is 0.0511 e. The maximum atomic E-state index is 5.34. The standard InChI is InChI=1S/C12H17NOS/c1-15-12-4-2-11(3-5-12)13-8-10-6-7-14-9-10/h2-5,10,13H,6-9H2,1H3. The highest BCUT2D eigenvalue weighted by atomic mass is 32.2. The lowest BCUT2D eigenvalue weighted by atomic mass is 10.1. The summed E-state index contributed by atoms with van der Waals surface area (Å²) in [6.45, 7) is 2.87. The maximum absolute atomic E-state index is 5.34. The van der Waals surface area contributed by atoms with Crippen LogP contribution >= 0.6 is 11.8 Å². The largest absolute Gasteiger partial charge is 0.385 e. The van der Waals surface area contributed by atoms with E-state index < -0.39 is 0 Å². The minimum absolute atomic E-state index is 0.685. The SMILES string of the molecule is CSc1ccc(NCC2CCOC2)cc1.